The quantitative estimate of drug-likeness (QED) is 0.900. The van der Waals surface area contributed by atoms with Crippen molar-refractivity contribution in [2.45, 2.75) is 58.2 Å². The Morgan fingerprint density at radius 2 is 2.07 bits per heavy atom. The molecule has 1 aromatic heterocycles. The number of hydrogen-bond donors (Lipinski definition) is 1. The first-order valence-corrected chi connectivity index (χ1v) is 10.5. The lowest BCUT2D eigenvalue weighted by molar-refractivity contribution is -0.146. The SMILES string of the molecule is CCCN1C[C@H](C(=O)N2C(C)CC2C)C=C2c3cccc4[nH]cc(c34)C[C@H]21. The minimum Gasteiger partial charge on any atom is -0.361 e. The number of nitrogens with zero attached hydrogens (tertiary/aromatic N) is 2. The first kappa shape index (κ1) is 17.1. The van der Waals surface area contributed by atoms with Crippen LogP contribution in [0.25, 0.3) is 16.5 Å². The van der Waals surface area contributed by atoms with Gasteiger partial charge in [-0.05, 0) is 62.4 Å². The Balaban J connectivity index is 1.58. The summed E-state index contributed by atoms with van der Waals surface area (Å²) >= 11 is 0. The Bertz CT molecular complexity index is 919. The zero-order chi connectivity index (χ0) is 18.7. The zero-order valence-electron chi connectivity index (χ0n) is 16.5. The molecule has 1 saturated heterocycles. The number of fused-ring (bicyclic) bond motifs is 2. The third kappa shape index (κ3) is 2.49. The van der Waals surface area contributed by atoms with Crippen molar-refractivity contribution in [3.63, 3.8) is 0 Å². The third-order valence-corrected chi connectivity index (χ3v) is 6.84. The van der Waals surface area contributed by atoms with Crippen molar-refractivity contribution in [2.75, 3.05) is 13.1 Å². The molecule has 4 heteroatoms. The van der Waals surface area contributed by atoms with E-state index in [1.165, 1.54) is 27.6 Å². The molecule has 2 unspecified atom stereocenters. The third-order valence-electron chi connectivity index (χ3n) is 6.84. The van der Waals surface area contributed by atoms with Crippen molar-refractivity contribution >= 4 is 22.4 Å². The van der Waals surface area contributed by atoms with Crippen LogP contribution in [0.3, 0.4) is 0 Å². The fourth-order valence-corrected chi connectivity index (χ4v) is 5.66. The van der Waals surface area contributed by atoms with E-state index in [-0.39, 0.29) is 5.92 Å². The second kappa shape index (κ2) is 6.23. The van der Waals surface area contributed by atoms with Crippen LogP contribution >= 0.6 is 0 Å². The molecule has 0 saturated carbocycles. The van der Waals surface area contributed by atoms with Crippen molar-refractivity contribution in [1.82, 2.24) is 14.8 Å². The van der Waals surface area contributed by atoms with Gasteiger partial charge in [-0.2, -0.15) is 0 Å². The maximum atomic E-state index is 13.3. The molecule has 5 rings (SSSR count). The molecule has 1 amide bonds. The number of carbonyl (C=O) groups excluding carboxylic acids is 1. The Morgan fingerprint density at radius 1 is 1.26 bits per heavy atom. The zero-order valence-corrected chi connectivity index (χ0v) is 16.5. The van der Waals surface area contributed by atoms with E-state index in [0.717, 1.165) is 32.4 Å². The highest BCUT2D eigenvalue weighted by molar-refractivity contribution is 5.99. The predicted molar refractivity (Wildman–Crippen MR) is 110 cm³/mol. The number of rotatable bonds is 3. The number of carbonyl (C=O) groups is 1. The number of aromatic nitrogens is 1. The van der Waals surface area contributed by atoms with Crippen LogP contribution in [0.5, 0.6) is 0 Å². The molecular weight excluding hydrogens is 334 g/mol. The number of amides is 1. The molecular formula is C23H29N3O. The molecule has 0 bridgehead atoms. The van der Waals surface area contributed by atoms with Gasteiger partial charge in [0, 0.05) is 41.8 Å². The van der Waals surface area contributed by atoms with Gasteiger partial charge in [-0.25, -0.2) is 0 Å². The highest BCUT2D eigenvalue weighted by Crippen LogP contribution is 2.42. The van der Waals surface area contributed by atoms with Gasteiger partial charge in [0.1, 0.15) is 0 Å². The van der Waals surface area contributed by atoms with Crippen molar-refractivity contribution in [2.24, 2.45) is 5.92 Å². The van der Waals surface area contributed by atoms with Crippen LogP contribution in [0.15, 0.2) is 30.5 Å². The normalized spacial score (nSPS) is 30.0. The van der Waals surface area contributed by atoms with Gasteiger partial charge >= 0.3 is 0 Å². The molecule has 1 aromatic carbocycles. The summed E-state index contributed by atoms with van der Waals surface area (Å²) < 4.78 is 0. The number of aromatic amines is 1. The Kier molecular flexibility index (Phi) is 3.94. The molecule has 3 heterocycles. The van der Waals surface area contributed by atoms with Gasteiger partial charge in [0.05, 0.1) is 5.92 Å². The van der Waals surface area contributed by atoms with Crippen LogP contribution in [0, 0.1) is 5.92 Å². The lowest BCUT2D eigenvalue weighted by atomic mass is 9.79. The summed E-state index contributed by atoms with van der Waals surface area (Å²) in [5.74, 6) is 0.295. The van der Waals surface area contributed by atoms with Gasteiger partial charge in [0.2, 0.25) is 5.91 Å². The predicted octanol–water partition coefficient (Wildman–Crippen LogP) is 3.83. The number of likely N-dealkylation sites (tertiary alicyclic amines) is 1. The van der Waals surface area contributed by atoms with Gasteiger partial charge in [0.25, 0.3) is 0 Å². The van der Waals surface area contributed by atoms with E-state index in [2.05, 4.69) is 66.0 Å². The standard InChI is InChI=1S/C23H29N3O/c1-4-8-25-13-17(23(27)26-14(2)9-15(26)3)10-19-18-6-5-7-20-22(18)16(12-24-20)11-21(19)25/h5-7,10,12,14-15,17,21,24H,4,8-9,11,13H2,1-3H3/t14?,15?,17-,21-/m1/s1. The first-order chi connectivity index (χ1) is 13.1. The molecule has 0 spiro atoms. The monoisotopic (exact) mass is 363 g/mol. The van der Waals surface area contributed by atoms with Crippen LogP contribution in [-0.4, -0.2) is 51.9 Å². The van der Waals surface area contributed by atoms with Gasteiger partial charge < -0.3 is 9.88 Å². The molecule has 2 aliphatic heterocycles. The fraction of sp³-hybridized carbons (Fsp3) is 0.522. The van der Waals surface area contributed by atoms with E-state index in [0.29, 0.717) is 24.0 Å². The van der Waals surface area contributed by atoms with Gasteiger partial charge in [-0.3, -0.25) is 9.69 Å². The maximum absolute atomic E-state index is 13.3. The number of hydrogen-bond acceptors (Lipinski definition) is 2. The molecule has 1 N–H and O–H groups in total. The molecule has 27 heavy (non-hydrogen) atoms. The van der Waals surface area contributed by atoms with E-state index in [1.54, 1.807) is 0 Å². The molecule has 0 radical (unpaired) electrons. The Hall–Kier alpha value is -2.07. The van der Waals surface area contributed by atoms with Gasteiger partial charge in [0.15, 0.2) is 0 Å². The average molecular weight is 364 g/mol. The van der Waals surface area contributed by atoms with E-state index >= 15 is 0 Å². The van der Waals surface area contributed by atoms with Crippen LogP contribution in [-0.2, 0) is 11.2 Å². The summed E-state index contributed by atoms with van der Waals surface area (Å²) in [7, 11) is 0. The molecule has 4 atom stereocenters. The second-order valence-electron chi connectivity index (χ2n) is 8.66. The van der Waals surface area contributed by atoms with Crippen molar-refractivity contribution in [3.8, 4) is 0 Å². The van der Waals surface area contributed by atoms with Crippen molar-refractivity contribution in [3.05, 3.63) is 41.6 Å². The first-order valence-electron chi connectivity index (χ1n) is 10.5. The molecule has 1 fully saturated rings. The van der Waals surface area contributed by atoms with Gasteiger partial charge in [-0.1, -0.05) is 25.1 Å². The average Bonchev–Trinajstić information content (AvgIpc) is 3.06. The second-order valence-corrected chi connectivity index (χ2v) is 8.66. The molecule has 2 aromatic rings. The Labute approximate surface area is 161 Å². The summed E-state index contributed by atoms with van der Waals surface area (Å²) in [6.07, 6.45) is 7.77. The van der Waals surface area contributed by atoms with Gasteiger partial charge in [-0.15, -0.1) is 0 Å². The van der Waals surface area contributed by atoms with Crippen LogP contribution in [0.1, 0.15) is 44.7 Å². The highest BCUT2D eigenvalue weighted by atomic mass is 16.2. The lowest BCUT2D eigenvalue weighted by Gasteiger charge is -2.49. The lowest BCUT2D eigenvalue weighted by Crippen LogP contribution is -2.59. The highest BCUT2D eigenvalue weighted by Gasteiger charge is 2.42. The minimum absolute atomic E-state index is 0.0243. The van der Waals surface area contributed by atoms with Crippen LogP contribution < -0.4 is 0 Å². The topological polar surface area (TPSA) is 39.3 Å². The van der Waals surface area contributed by atoms with Crippen LogP contribution in [0.2, 0.25) is 0 Å². The van der Waals surface area contributed by atoms with E-state index in [1.807, 2.05) is 0 Å². The van der Waals surface area contributed by atoms with Crippen molar-refractivity contribution < 1.29 is 4.79 Å². The molecule has 142 valence electrons. The summed E-state index contributed by atoms with van der Waals surface area (Å²) in [5.41, 5.74) is 5.32. The summed E-state index contributed by atoms with van der Waals surface area (Å²) in [5, 5.41) is 1.36. The minimum atomic E-state index is -0.0243. The summed E-state index contributed by atoms with van der Waals surface area (Å²) in [6.45, 7) is 8.49. The van der Waals surface area contributed by atoms with E-state index in [9.17, 15) is 4.79 Å². The smallest absolute Gasteiger partial charge is 0.231 e. The Morgan fingerprint density at radius 3 is 2.81 bits per heavy atom. The molecule has 1 aliphatic carbocycles. The summed E-state index contributed by atoms with van der Waals surface area (Å²) in [4.78, 5) is 21.4. The summed E-state index contributed by atoms with van der Waals surface area (Å²) in [6, 6.07) is 7.69. The fourth-order valence-electron chi connectivity index (χ4n) is 5.66. The molecule has 3 aliphatic rings. The van der Waals surface area contributed by atoms with E-state index in [4.69, 9.17) is 0 Å². The maximum Gasteiger partial charge on any atom is 0.231 e. The largest absolute Gasteiger partial charge is 0.361 e. The number of benzene rings is 1. The van der Waals surface area contributed by atoms with Crippen molar-refractivity contribution in [1.29, 1.82) is 0 Å². The molecule has 4 nitrogen and oxygen atoms in total. The van der Waals surface area contributed by atoms with Crippen LogP contribution in [0.4, 0.5) is 0 Å². The van der Waals surface area contributed by atoms with E-state index < -0.39 is 0 Å². The number of H-pyrrole nitrogens is 1. The number of nitrogens with one attached hydrogen (secondary N) is 1.